The molecule has 0 aliphatic rings. The Bertz CT molecular complexity index is 530. The summed E-state index contributed by atoms with van der Waals surface area (Å²) in [5.41, 5.74) is 0.330. The third-order valence-corrected chi connectivity index (χ3v) is 3.65. The van der Waals surface area contributed by atoms with Crippen molar-refractivity contribution in [3.8, 4) is 16.3 Å². The van der Waals surface area contributed by atoms with Crippen molar-refractivity contribution in [3.05, 3.63) is 29.0 Å². The number of benzene rings is 1. The van der Waals surface area contributed by atoms with Gasteiger partial charge in [-0.3, -0.25) is 0 Å². The lowest BCUT2D eigenvalue weighted by atomic mass is 10.2. The third kappa shape index (κ3) is 2.40. The highest BCUT2D eigenvalue weighted by Crippen LogP contribution is 2.36. The Labute approximate surface area is 107 Å². The number of ether oxygens (including phenoxy) is 1. The van der Waals surface area contributed by atoms with Crippen LogP contribution in [0.3, 0.4) is 0 Å². The maximum atomic E-state index is 13.8. The largest absolute Gasteiger partial charge is 0.496 e. The van der Waals surface area contributed by atoms with E-state index in [0.29, 0.717) is 21.3 Å². The van der Waals surface area contributed by atoms with Crippen molar-refractivity contribution >= 4 is 22.9 Å². The summed E-state index contributed by atoms with van der Waals surface area (Å²) in [5, 5.41) is 8.76. The normalized spacial score (nSPS) is 12.5. The molecular formula is C11H10ClFN2OS. The van der Waals surface area contributed by atoms with Crippen molar-refractivity contribution in [2.24, 2.45) is 0 Å². The lowest BCUT2D eigenvalue weighted by Gasteiger charge is -2.05. The lowest BCUT2D eigenvalue weighted by molar-refractivity contribution is 0.413. The average molecular weight is 273 g/mol. The van der Waals surface area contributed by atoms with Gasteiger partial charge in [0, 0.05) is 0 Å². The van der Waals surface area contributed by atoms with Crippen LogP contribution in [-0.2, 0) is 0 Å². The first kappa shape index (κ1) is 12.3. The SMILES string of the molecule is COc1cccc(F)c1-c1nnc(C(C)Cl)s1. The standard InChI is InChI=1S/C11H10ClFN2OS/c1-6(12)10-14-15-11(17-10)9-7(13)4-3-5-8(9)16-2/h3-6H,1-2H3. The highest BCUT2D eigenvalue weighted by atomic mass is 35.5. The molecule has 1 atom stereocenters. The molecule has 1 heterocycles. The van der Waals surface area contributed by atoms with E-state index in [1.807, 2.05) is 0 Å². The van der Waals surface area contributed by atoms with Crippen LogP contribution in [-0.4, -0.2) is 17.3 Å². The Hall–Kier alpha value is -1.20. The molecule has 0 aliphatic heterocycles. The molecule has 0 spiro atoms. The minimum atomic E-state index is -0.380. The predicted molar refractivity (Wildman–Crippen MR) is 66.1 cm³/mol. The molecule has 0 saturated carbocycles. The molecule has 1 aromatic heterocycles. The second-order valence-electron chi connectivity index (χ2n) is 3.38. The molecule has 90 valence electrons. The van der Waals surface area contributed by atoms with Gasteiger partial charge in [-0.1, -0.05) is 17.4 Å². The average Bonchev–Trinajstić information content (AvgIpc) is 2.77. The number of nitrogens with zero attached hydrogens (tertiary/aromatic N) is 2. The topological polar surface area (TPSA) is 35.0 Å². The monoisotopic (exact) mass is 272 g/mol. The van der Waals surface area contributed by atoms with Crippen LogP contribution in [0.2, 0.25) is 0 Å². The molecule has 0 saturated heterocycles. The molecule has 0 bridgehead atoms. The van der Waals surface area contributed by atoms with Crippen LogP contribution < -0.4 is 4.74 Å². The summed E-state index contributed by atoms with van der Waals surface area (Å²) < 4.78 is 18.9. The molecule has 1 aromatic carbocycles. The van der Waals surface area contributed by atoms with Crippen LogP contribution >= 0.6 is 22.9 Å². The van der Waals surface area contributed by atoms with E-state index in [1.54, 1.807) is 19.1 Å². The number of aromatic nitrogens is 2. The summed E-state index contributed by atoms with van der Waals surface area (Å²) in [6.07, 6.45) is 0. The van der Waals surface area contributed by atoms with Crippen molar-refractivity contribution in [1.82, 2.24) is 10.2 Å². The fraction of sp³-hybridized carbons (Fsp3) is 0.273. The van der Waals surface area contributed by atoms with Gasteiger partial charge in [0.1, 0.15) is 16.6 Å². The minimum Gasteiger partial charge on any atom is -0.496 e. The van der Waals surface area contributed by atoms with Gasteiger partial charge < -0.3 is 4.74 Å². The second-order valence-corrected chi connectivity index (χ2v) is 5.04. The van der Waals surface area contributed by atoms with E-state index in [2.05, 4.69) is 10.2 Å². The van der Waals surface area contributed by atoms with Crippen LogP contribution in [0.4, 0.5) is 4.39 Å². The van der Waals surface area contributed by atoms with E-state index in [9.17, 15) is 4.39 Å². The first-order valence-electron chi connectivity index (χ1n) is 4.94. The highest BCUT2D eigenvalue weighted by molar-refractivity contribution is 7.15. The molecule has 0 radical (unpaired) electrons. The Morgan fingerprint density at radius 3 is 2.76 bits per heavy atom. The van der Waals surface area contributed by atoms with Gasteiger partial charge in [-0.15, -0.1) is 21.8 Å². The van der Waals surface area contributed by atoms with Crippen molar-refractivity contribution in [2.45, 2.75) is 12.3 Å². The molecule has 2 rings (SSSR count). The fourth-order valence-electron chi connectivity index (χ4n) is 1.38. The number of alkyl halides is 1. The van der Waals surface area contributed by atoms with Crippen LogP contribution in [0.15, 0.2) is 18.2 Å². The van der Waals surface area contributed by atoms with Gasteiger partial charge in [-0.05, 0) is 19.1 Å². The molecule has 17 heavy (non-hydrogen) atoms. The second kappa shape index (κ2) is 4.98. The Kier molecular flexibility index (Phi) is 3.59. The summed E-state index contributed by atoms with van der Waals surface area (Å²) in [7, 11) is 1.49. The first-order valence-corrected chi connectivity index (χ1v) is 6.19. The van der Waals surface area contributed by atoms with E-state index < -0.39 is 0 Å². The van der Waals surface area contributed by atoms with E-state index in [4.69, 9.17) is 16.3 Å². The zero-order chi connectivity index (χ0) is 12.4. The van der Waals surface area contributed by atoms with Crippen molar-refractivity contribution in [2.75, 3.05) is 7.11 Å². The molecule has 0 N–H and O–H groups in total. The highest BCUT2D eigenvalue weighted by Gasteiger charge is 2.17. The van der Waals surface area contributed by atoms with Gasteiger partial charge in [-0.25, -0.2) is 4.39 Å². The number of halogens is 2. The smallest absolute Gasteiger partial charge is 0.154 e. The fourth-order valence-corrected chi connectivity index (χ4v) is 2.38. The maximum absolute atomic E-state index is 13.8. The van der Waals surface area contributed by atoms with Crippen LogP contribution in [0.5, 0.6) is 5.75 Å². The summed E-state index contributed by atoms with van der Waals surface area (Å²) in [6, 6.07) is 4.64. The molecule has 2 aromatic rings. The summed E-state index contributed by atoms with van der Waals surface area (Å²) >= 11 is 7.16. The molecular weight excluding hydrogens is 263 g/mol. The molecule has 0 fully saturated rings. The van der Waals surface area contributed by atoms with Gasteiger partial charge in [0.25, 0.3) is 0 Å². The summed E-state index contributed by atoms with van der Waals surface area (Å²) in [6.45, 7) is 1.80. The van der Waals surface area contributed by atoms with Gasteiger partial charge in [0.05, 0.1) is 18.1 Å². The molecule has 0 aliphatic carbocycles. The molecule has 1 unspecified atom stereocenters. The van der Waals surface area contributed by atoms with E-state index in [0.717, 1.165) is 0 Å². The van der Waals surface area contributed by atoms with Gasteiger partial charge in [0.2, 0.25) is 0 Å². The number of hydrogen-bond acceptors (Lipinski definition) is 4. The molecule has 3 nitrogen and oxygen atoms in total. The maximum Gasteiger partial charge on any atom is 0.154 e. The minimum absolute atomic E-state index is 0.237. The Balaban J connectivity index is 2.51. The van der Waals surface area contributed by atoms with Gasteiger partial charge in [-0.2, -0.15) is 0 Å². The molecule has 6 heteroatoms. The predicted octanol–water partition coefficient (Wildman–Crippen LogP) is 3.65. The zero-order valence-corrected chi connectivity index (χ0v) is 10.8. The van der Waals surface area contributed by atoms with Crippen molar-refractivity contribution in [1.29, 1.82) is 0 Å². The van der Waals surface area contributed by atoms with Crippen molar-refractivity contribution < 1.29 is 9.13 Å². The number of hydrogen-bond donors (Lipinski definition) is 0. The van der Waals surface area contributed by atoms with Crippen LogP contribution in [0.25, 0.3) is 10.6 Å². The van der Waals surface area contributed by atoms with E-state index in [1.165, 1.54) is 24.5 Å². The number of rotatable bonds is 3. The first-order chi connectivity index (χ1) is 8.13. The van der Waals surface area contributed by atoms with E-state index >= 15 is 0 Å². The lowest BCUT2D eigenvalue weighted by Crippen LogP contribution is -1.90. The van der Waals surface area contributed by atoms with Crippen LogP contribution in [0.1, 0.15) is 17.3 Å². The molecule has 0 amide bonds. The summed E-state index contributed by atoms with van der Waals surface area (Å²) in [5.74, 6) is 0.0594. The Morgan fingerprint density at radius 2 is 2.18 bits per heavy atom. The van der Waals surface area contributed by atoms with Crippen LogP contribution in [0, 0.1) is 5.82 Å². The van der Waals surface area contributed by atoms with Gasteiger partial charge >= 0.3 is 0 Å². The number of methoxy groups -OCH3 is 1. The summed E-state index contributed by atoms with van der Waals surface area (Å²) in [4.78, 5) is 0. The van der Waals surface area contributed by atoms with Crippen molar-refractivity contribution in [3.63, 3.8) is 0 Å². The Morgan fingerprint density at radius 1 is 1.41 bits per heavy atom. The zero-order valence-electron chi connectivity index (χ0n) is 9.28. The van der Waals surface area contributed by atoms with Gasteiger partial charge in [0.15, 0.2) is 5.01 Å². The quantitative estimate of drug-likeness (QED) is 0.800. The van der Waals surface area contributed by atoms with E-state index in [-0.39, 0.29) is 11.2 Å². The third-order valence-electron chi connectivity index (χ3n) is 2.19.